The van der Waals surface area contributed by atoms with Crippen molar-refractivity contribution in [3.63, 3.8) is 0 Å². The zero-order chi connectivity index (χ0) is 18.3. The van der Waals surface area contributed by atoms with Crippen molar-refractivity contribution < 1.29 is 24.5 Å². The summed E-state index contributed by atoms with van der Waals surface area (Å²) < 4.78 is 0. The minimum Gasteiger partial charge on any atom is -0.478 e. The molecule has 2 aromatic rings. The summed E-state index contributed by atoms with van der Waals surface area (Å²) in [6.07, 6.45) is 0. The van der Waals surface area contributed by atoms with Crippen molar-refractivity contribution >= 4 is 34.2 Å². The number of halogens is 1. The van der Waals surface area contributed by atoms with E-state index in [9.17, 15) is 29.8 Å². The lowest BCUT2D eigenvalue weighted by Gasteiger charge is -1.96. The van der Waals surface area contributed by atoms with E-state index in [1.54, 1.807) is 30.3 Å². The number of nitrogens with zero attached hydrogens (tertiary/aromatic N) is 2. The molecule has 124 valence electrons. The van der Waals surface area contributed by atoms with E-state index in [1.165, 1.54) is 0 Å². The summed E-state index contributed by atoms with van der Waals surface area (Å²) in [5.74, 6) is -0.879. The third kappa shape index (κ3) is 5.46. The summed E-state index contributed by atoms with van der Waals surface area (Å²) in [7, 11) is 0. The van der Waals surface area contributed by atoms with Crippen molar-refractivity contribution in [1.29, 1.82) is 0 Å². The second-order valence-corrected chi connectivity index (χ2v) is 4.54. The van der Waals surface area contributed by atoms with Crippen molar-refractivity contribution in [3.05, 3.63) is 79.9 Å². The standard InChI is InChI=1S/C7H3ClN2O5.C7H6O2/c8-7(11)4-1-5(9(12)13)3-6(2-4)10(14)15;8-7(9)6-4-2-1-3-5-6/h1-3H;1-5H,(H,8,9). The number of carbonyl (C=O) groups excluding carboxylic acids is 1. The number of hydrogen-bond acceptors (Lipinski definition) is 6. The third-order valence-corrected chi connectivity index (χ3v) is 2.79. The van der Waals surface area contributed by atoms with Crippen LogP contribution < -0.4 is 0 Å². The molecule has 0 bridgehead atoms. The van der Waals surface area contributed by atoms with Crippen LogP contribution in [0.1, 0.15) is 20.7 Å². The van der Waals surface area contributed by atoms with E-state index >= 15 is 0 Å². The van der Waals surface area contributed by atoms with Gasteiger partial charge in [0.15, 0.2) is 0 Å². The minimum atomic E-state index is -0.984. The Morgan fingerprint density at radius 3 is 1.62 bits per heavy atom. The Labute approximate surface area is 139 Å². The number of carboxylic acid groups (broad SMARTS) is 1. The Morgan fingerprint density at radius 1 is 0.875 bits per heavy atom. The molecular formula is C14H9ClN2O7. The van der Waals surface area contributed by atoms with E-state index in [1.807, 2.05) is 0 Å². The molecular weight excluding hydrogens is 344 g/mol. The number of aromatic carboxylic acids is 1. The SMILES string of the molecule is O=C(Cl)c1cc([N+](=O)[O-])cc([N+](=O)[O-])c1.O=C(O)c1ccccc1. The van der Waals surface area contributed by atoms with Crippen LogP contribution in [-0.2, 0) is 0 Å². The fraction of sp³-hybridized carbons (Fsp3) is 0. The van der Waals surface area contributed by atoms with Gasteiger partial charge >= 0.3 is 5.97 Å². The molecule has 0 spiro atoms. The Hall–Kier alpha value is -3.33. The highest BCUT2D eigenvalue weighted by Gasteiger charge is 2.18. The molecule has 9 nitrogen and oxygen atoms in total. The van der Waals surface area contributed by atoms with Gasteiger partial charge < -0.3 is 5.11 Å². The van der Waals surface area contributed by atoms with Crippen LogP contribution in [-0.4, -0.2) is 26.2 Å². The van der Waals surface area contributed by atoms with Crippen LogP contribution >= 0.6 is 11.6 Å². The van der Waals surface area contributed by atoms with E-state index in [4.69, 9.17) is 16.7 Å². The number of non-ortho nitro benzene ring substituents is 2. The first-order valence-corrected chi connectivity index (χ1v) is 6.52. The van der Waals surface area contributed by atoms with Gasteiger partial charge in [-0.1, -0.05) is 18.2 Å². The summed E-state index contributed by atoms with van der Waals surface area (Å²) in [6, 6.07) is 10.8. The molecule has 2 aromatic carbocycles. The number of hydrogen-bond donors (Lipinski definition) is 1. The zero-order valence-corrected chi connectivity index (χ0v) is 12.5. The predicted molar refractivity (Wildman–Crippen MR) is 83.3 cm³/mol. The smallest absolute Gasteiger partial charge is 0.335 e. The average Bonchev–Trinajstić information content (AvgIpc) is 2.55. The quantitative estimate of drug-likeness (QED) is 0.505. The van der Waals surface area contributed by atoms with E-state index in [2.05, 4.69) is 0 Å². The maximum Gasteiger partial charge on any atom is 0.335 e. The maximum atomic E-state index is 10.7. The van der Waals surface area contributed by atoms with Crippen LogP contribution in [0.25, 0.3) is 0 Å². The van der Waals surface area contributed by atoms with Crippen molar-refractivity contribution in [2.24, 2.45) is 0 Å². The van der Waals surface area contributed by atoms with Crippen molar-refractivity contribution in [2.75, 3.05) is 0 Å². The third-order valence-electron chi connectivity index (χ3n) is 2.57. The van der Waals surface area contributed by atoms with Gasteiger partial charge in [-0.2, -0.15) is 0 Å². The summed E-state index contributed by atoms with van der Waals surface area (Å²) in [5.41, 5.74) is -1.04. The molecule has 0 aliphatic rings. The molecule has 24 heavy (non-hydrogen) atoms. The second-order valence-electron chi connectivity index (χ2n) is 4.20. The van der Waals surface area contributed by atoms with Gasteiger partial charge in [0.2, 0.25) is 0 Å². The summed E-state index contributed by atoms with van der Waals surface area (Å²) in [4.78, 5) is 40.0. The number of nitro benzene ring substituents is 2. The molecule has 0 radical (unpaired) electrons. The van der Waals surface area contributed by atoms with Gasteiger partial charge in [-0.3, -0.25) is 25.0 Å². The summed E-state index contributed by atoms with van der Waals surface area (Å²) in [5, 5.41) is 28.2. The van der Waals surface area contributed by atoms with Gasteiger partial charge in [0.1, 0.15) is 0 Å². The highest BCUT2D eigenvalue weighted by molar-refractivity contribution is 6.67. The molecule has 1 N–H and O–H groups in total. The van der Waals surface area contributed by atoms with E-state index in [-0.39, 0.29) is 5.56 Å². The molecule has 0 atom stereocenters. The van der Waals surface area contributed by atoms with Crippen molar-refractivity contribution in [2.45, 2.75) is 0 Å². The molecule has 0 aliphatic heterocycles. The first-order chi connectivity index (χ1) is 11.2. The molecule has 0 saturated heterocycles. The molecule has 0 fully saturated rings. The fourth-order valence-electron chi connectivity index (χ4n) is 1.50. The molecule has 2 rings (SSSR count). The summed E-state index contributed by atoms with van der Waals surface area (Å²) >= 11 is 5.07. The monoisotopic (exact) mass is 352 g/mol. The van der Waals surface area contributed by atoms with E-state index in [0.717, 1.165) is 18.2 Å². The van der Waals surface area contributed by atoms with Crippen molar-refractivity contribution in [1.82, 2.24) is 0 Å². The lowest BCUT2D eigenvalue weighted by Crippen LogP contribution is -1.97. The van der Waals surface area contributed by atoms with Crippen LogP contribution in [0.2, 0.25) is 0 Å². The first kappa shape index (κ1) is 18.7. The Morgan fingerprint density at radius 2 is 1.33 bits per heavy atom. The number of rotatable bonds is 4. The molecule has 10 heteroatoms. The molecule has 0 amide bonds. The highest BCUT2D eigenvalue weighted by atomic mass is 35.5. The number of benzene rings is 2. The topological polar surface area (TPSA) is 141 Å². The highest BCUT2D eigenvalue weighted by Crippen LogP contribution is 2.23. The van der Waals surface area contributed by atoms with Gasteiger partial charge in [-0.05, 0) is 23.7 Å². The van der Waals surface area contributed by atoms with E-state index in [0.29, 0.717) is 5.56 Å². The Bertz CT molecular complexity index is 714. The average molecular weight is 353 g/mol. The minimum absolute atomic E-state index is 0.280. The van der Waals surface area contributed by atoms with Crippen LogP contribution in [0.15, 0.2) is 48.5 Å². The number of nitro groups is 2. The van der Waals surface area contributed by atoms with E-state index < -0.39 is 32.4 Å². The normalized spacial score (nSPS) is 9.38. The lowest BCUT2D eigenvalue weighted by molar-refractivity contribution is -0.394. The van der Waals surface area contributed by atoms with Crippen molar-refractivity contribution in [3.8, 4) is 0 Å². The first-order valence-electron chi connectivity index (χ1n) is 6.14. The fourth-order valence-corrected chi connectivity index (χ4v) is 1.61. The molecule has 0 heterocycles. The van der Waals surface area contributed by atoms with Crippen LogP contribution in [0.3, 0.4) is 0 Å². The molecule has 0 aromatic heterocycles. The zero-order valence-electron chi connectivity index (χ0n) is 11.8. The molecule has 0 saturated carbocycles. The van der Waals surface area contributed by atoms with Crippen LogP contribution in [0.5, 0.6) is 0 Å². The Balaban J connectivity index is 0.000000272. The number of carbonyl (C=O) groups is 2. The Kier molecular flexibility index (Phi) is 6.51. The van der Waals surface area contributed by atoms with Crippen LogP contribution in [0.4, 0.5) is 11.4 Å². The van der Waals surface area contributed by atoms with Gasteiger partial charge in [0.05, 0.1) is 21.5 Å². The molecule has 0 unspecified atom stereocenters. The maximum absolute atomic E-state index is 10.7. The molecule has 0 aliphatic carbocycles. The lowest BCUT2D eigenvalue weighted by atomic mass is 10.2. The van der Waals surface area contributed by atoms with Gasteiger partial charge in [-0.15, -0.1) is 0 Å². The predicted octanol–water partition coefficient (Wildman–Crippen LogP) is 3.27. The second kappa shape index (κ2) is 8.34. The van der Waals surface area contributed by atoms with Gasteiger partial charge in [0.25, 0.3) is 16.6 Å². The van der Waals surface area contributed by atoms with Crippen LogP contribution in [0, 0.1) is 20.2 Å². The van der Waals surface area contributed by atoms with Gasteiger partial charge in [-0.25, -0.2) is 4.79 Å². The summed E-state index contributed by atoms with van der Waals surface area (Å²) in [6.45, 7) is 0. The number of carboxylic acids is 1. The van der Waals surface area contributed by atoms with Gasteiger partial charge in [0, 0.05) is 17.7 Å². The largest absolute Gasteiger partial charge is 0.478 e.